The van der Waals surface area contributed by atoms with E-state index in [0.717, 1.165) is 27.5 Å². The molecule has 29 heavy (non-hydrogen) atoms. The number of nitrogens with two attached hydrogens (primary N) is 1. The highest BCUT2D eigenvalue weighted by molar-refractivity contribution is 7.85. The van der Waals surface area contributed by atoms with E-state index in [-0.39, 0.29) is 0 Å². The van der Waals surface area contributed by atoms with Crippen LogP contribution in [0.5, 0.6) is 5.75 Å². The fraction of sp³-hybridized carbons (Fsp3) is 0.111. The molecule has 1 amide bonds. The molecule has 2 aromatic carbocycles. The highest BCUT2D eigenvalue weighted by Gasteiger charge is 2.16. The van der Waals surface area contributed by atoms with Crippen LogP contribution in [-0.4, -0.2) is 33.7 Å². The number of aliphatic imine (C=N–C) groups is 1. The molecule has 8 nitrogen and oxygen atoms in total. The van der Waals surface area contributed by atoms with Crippen molar-refractivity contribution in [2.45, 2.75) is 0 Å². The smallest absolute Gasteiger partial charge is 0.290 e. The first kappa shape index (κ1) is 21.1. The van der Waals surface area contributed by atoms with Crippen LogP contribution in [0.25, 0.3) is 21.2 Å². The van der Waals surface area contributed by atoms with E-state index in [1.807, 2.05) is 23.7 Å². The monoisotopic (exact) mass is 453 g/mol. The molecule has 152 valence electrons. The van der Waals surface area contributed by atoms with Crippen molar-refractivity contribution in [2.24, 2.45) is 10.7 Å². The minimum absolute atomic E-state index is 0.317. The number of rotatable bonds is 5. The summed E-state index contributed by atoms with van der Waals surface area (Å²) in [6.07, 6.45) is 0.826. The Hall–Kier alpha value is -2.66. The summed E-state index contributed by atoms with van der Waals surface area (Å²) in [5.41, 5.74) is 9.03. The van der Waals surface area contributed by atoms with Crippen LogP contribution in [0.2, 0.25) is 5.02 Å². The first-order chi connectivity index (χ1) is 13.7. The number of guanidine groups is 1. The number of nitrogens with zero attached hydrogens (tertiary/aromatic N) is 1. The largest absolute Gasteiger partial charge is 0.496 e. The first-order valence-electron chi connectivity index (χ1n) is 8.07. The zero-order chi connectivity index (χ0) is 21.2. The molecule has 11 heteroatoms. The summed E-state index contributed by atoms with van der Waals surface area (Å²) in [7, 11) is -2.22. The molecule has 0 aliphatic rings. The zero-order valence-corrected chi connectivity index (χ0v) is 17.7. The zero-order valence-electron chi connectivity index (χ0n) is 15.3. The fourth-order valence-electron chi connectivity index (χ4n) is 2.60. The Kier molecular flexibility index (Phi) is 6.08. The van der Waals surface area contributed by atoms with E-state index >= 15 is 0 Å². The molecule has 3 N–H and O–H groups in total. The number of hydrogen-bond donors (Lipinski definition) is 2. The minimum Gasteiger partial charge on any atom is -0.496 e. The lowest BCUT2D eigenvalue weighted by Gasteiger charge is -2.10. The molecule has 0 unspecified atom stereocenters. The van der Waals surface area contributed by atoms with E-state index in [2.05, 4.69) is 9.28 Å². The van der Waals surface area contributed by atoms with Gasteiger partial charge in [-0.15, -0.1) is 15.6 Å². The summed E-state index contributed by atoms with van der Waals surface area (Å²) in [5.74, 6) is -0.475. The lowest BCUT2D eigenvalue weighted by atomic mass is 10.0. The first-order valence-corrected chi connectivity index (χ1v) is 11.1. The highest BCUT2D eigenvalue weighted by atomic mass is 35.5. The van der Waals surface area contributed by atoms with Crippen LogP contribution in [0.4, 0.5) is 0 Å². The molecule has 0 aliphatic heterocycles. The molecule has 0 saturated carbocycles. The van der Waals surface area contributed by atoms with Gasteiger partial charge in [0.1, 0.15) is 5.75 Å². The normalized spacial score (nSPS) is 12.2. The number of halogens is 1. The number of ether oxygens (including phenoxy) is 1. The number of nitrogens with one attached hydrogen (secondary N) is 1. The van der Waals surface area contributed by atoms with Gasteiger partial charge in [0.25, 0.3) is 16.0 Å². The van der Waals surface area contributed by atoms with E-state index in [9.17, 15) is 13.2 Å². The quantitative estimate of drug-likeness (QED) is 0.346. The average Bonchev–Trinajstić information content (AvgIpc) is 3.10. The Bertz CT molecular complexity index is 1220. The number of hydrogen-bond acceptors (Lipinski definition) is 6. The predicted octanol–water partition coefficient (Wildman–Crippen LogP) is 3.17. The molecule has 0 radical (unpaired) electrons. The van der Waals surface area contributed by atoms with Crippen molar-refractivity contribution in [3.63, 3.8) is 0 Å². The van der Waals surface area contributed by atoms with Gasteiger partial charge in [0.15, 0.2) is 0 Å². The van der Waals surface area contributed by atoms with Gasteiger partial charge in [-0.3, -0.25) is 4.79 Å². The van der Waals surface area contributed by atoms with Gasteiger partial charge in [-0.25, -0.2) is 5.48 Å². The van der Waals surface area contributed by atoms with Crippen molar-refractivity contribution in [3.05, 3.63) is 52.4 Å². The maximum absolute atomic E-state index is 12.4. The summed E-state index contributed by atoms with van der Waals surface area (Å²) in [6.45, 7) is 0. The van der Waals surface area contributed by atoms with Gasteiger partial charge in [0.2, 0.25) is 5.96 Å². The van der Waals surface area contributed by atoms with Crippen molar-refractivity contribution < 1.29 is 22.2 Å². The van der Waals surface area contributed by atoms with Gasteiger partial charge >= 0.3 is 0 Å². The molecular formula is C18H16ClN3O5S2. The lowest BCUT2D eigenvalue weighted by Crippen LogP contribution is -2.34. The average molecular weight is 454 g/mol. The molecule has 3 aromatic rings. The maximum atomic E-state index is 12.4. The number of thiophene rings is 1. The van der Waals surface area contributed by atoms with E-state index in [0.29, 0.717) is 15.6 Å². The Labute approximate surface area is 176 Å². The third-order valence-electron chi connectivity index (χ3n) is 3.74. The number of benzene rings is 2. The highest BCUT2D eigenvalue weighted by Crippen LogP contribution is 2.39. The van der Waals surface area contributed by atoms with Crippen LogP contribution in [0.15, 0.2) is 47.5 Å². The molecule has 0 bridgehead atoms. The number of fused-ring (bicyclic) bond motifs is 1. The molecule has 3 rings (SSSR count). The van der Waals surface area contributed by atoms with Gasteiger partial charge in [-0.2, -0.15) is 13.4 Å². The molecule has 0 spiro atoms. The van der Waals surface area contributed by atoms with Crippen LogP contribution >= 0.6 is 22.9 Å². The molecule has 0 fully saturated rings. The van der Waals surface area contributed by atoms with E-state index in [4.69, 9.17) is 22.1 Å². The van der Waals surface area contributed by atoms with Crippen molar-refractivity contribution in [1.29, 1.82) is 0 Å². The summed E-state index contributed by atoms with van der Waals surface area (Å²) in [6, 6.07) is 12.6. The van der Waals surface area contributed by atoms with Gasteiger partial charge in [-0.1, -0.05) is 23.7 Å². The standard InChI is InChI=1S/C18H16ClN3O5S2/c1-26-14-7-6-10(19)8-12(14)11-4-3-5-15-13(11)9-16(28-15)17(23)21-18(20)22-27-29(2,24)25/h3-9H,1-2H3,(H3,20,21,22,23). The second-order valence-corrected chi connectivity index (χ2v) is 8.96. The summed E-state index contributed by atoms with van der Waals surface area (Å²) >= 11 is 7.37. The van der Waals surface area contributed by atoms with Gasteiger partial charge in [0.05, 0.1) is 18.2 Å². The van der Waals surface area contributed by atoms with E-state index < -0.39 is 22.0 Å². The Morgan fingerprint density at radius 2 is 1.97 bits per heavy atom. The van der Waals surface area contributed by atoms with Crippen LogP contribution in [-0.2, 0) is 14.4 Å². The van der Waals surface area contributed by atoms with Crippen LogP contribution < -0.4 is 16.0 Å². The third kappa shape index (κ3) is 5.04. The van der Waals surface area contributed by atoms with E-state index in [1.54, 1.807) is 31.4 Å². The Morgan fingerprint density at radius 3 is 2.66 bits per heavy atom. The van der Waals surface area contributed by atoms with Gasteiger partial charge in [0, 0.05) is 20.7 Å². The number of carbonyl (C=O) groups is 1. The topological polar surface area (TPSA) is 120 Å². The summed E-state index contributed by atoms with van der Waals surface area (Å²) < 4.78 is 32.5. The van der Waals surface area contributed by atoms with Crippen molar-refractivity contribution >= 4 is 55.0 Å². The van der Waals surface area contributed by atoms with Crippen LogP contribution in [0.1, 0.15) is 9.67 Å². The summed E-state index contributed by atoms with van der Waals surface area (Å²) in [5, 5.41) is 1.37. The van der Waals surface area contributed by atoms with Crippen molar-refractivity contribution in [3.8, 4) is 16.9 Å². The summed E-state index contributed by atoms with van der Waals surface area (Å²) in [4.78, 5) is 16.4. The van der Waals surface area contributed by atoms with Gasteiger partial charge < -0.3 is 10.5 Å². The Morgan fingerprint density at radius 1 is 1.21 bits per heavy atom. The minimum atomic E-state index is -3.79. The third-order valence-corrected chi connectivity index (χ3v) is 5.45. The maximum Gasteiger partial charge on any atom is 0.290 e. The molecule has 0 saturated heterocycles. The lowest BCUT2D eigenvalue weighted by molar-refractivity contribution is 0.100. The van der Waals surface area contributed by atoms with Crippen molar-refractivity contribution in [1.82, 2.24) is 5.48 Å². The molecule has 0 aliphatic carbocycles. The second-order valence-electron chi connectivity index (χ2n) is 5.86. The predicted molar refractivity (Wildman–Crippen MR) is 114 cm³/mol. The number of methoxy groups -OCH3 is 1. The van der Waals surface area contributed by atoms with Crippen molar-refractivity contribution in [2.75, 3.05) is 13.4 Å². The fourth-order valence-corrected chi connectivity index (χ4v) is 3.98. The molecular weight excluding hydrogens is 438 g/mol. The van der Waals surface area contributed by atoms with Crippen LogP contribution in [0, 0.1) is 0 Å². The van der Waals surface area contributed by atoms with E-state index in [1.165, 1.54) is 11.3 Å². The number of carbonyl (C=O) groups excluding carboxylic acids is 1. The SMILES string of the molecule is COc1ccc(Cl)cc1-c1cccc2sc(C(=O)N=C(N)NOS(C)(=O)=O)cc12. The second kappa shape index (κ2) is 8.37. The Balaban J connectivity index is 1.99. The number of hydroxylamine groups is 1. The molecule has 0 atom stereocenters. The van der Waals surface area contributed by atoms with Crippen LogP contribution in [0.3, 0.4) is 0 Å². The number of amides is 1. The molecule has 1 heterocycles. The molecule has 1 aromatic heterocycles. The van der Waals surface area contributed by atoms with Gasteiger partial charge in [-0.05, 0) is 35.9 Å².